The first-order valence-corrected chi connectivity index (χ1v) is 6.14. The summed E-state index contributed by atoms with van der Waals surface area (Å²) in [5.74, 6) is -1.09. The Morgan fingerprint density at radius 1 is 1.16 bits per heavy atom. The van der Waals surface area contributed by atoms with Crippen molar-refractivity contribution in [3.05, 3.63) is 0 Å². The van der Waals surface area contributed by atoms with E-state index in [1.807, 2.05) is 0 Å². The first-order valence-electron chi connectivity index (χ1n) is 6.14. The zero-order valence-electron chi connectivity index (χ0n) is 11.3. The molecule has 0 radical (unpaired) electrons. The minimum Gasteiger partial charge on any atom is -0.368 e. The first kappa shape index (κ1) is 17.2. The monoisotopic (exact) mass is 273 g/mol. The molecule has 1 unspecified atom stereocenters. The predicted molar refractivity (Wildman–Crippen MR) is 70.8 cm³/mol. The van der Waals surface area contributed by atoms with Crippen LogP contribution in [0.15, 0.2) is 0 Å². The number of nitrogens with one attached hydrogen (secondary N) is 2. The Morgan fingerprint density at radius 3 is 2.16 bits per heavy atom. The van der Waals surface area contributed by atoms with Crippen molar-refractivity contribution in [2.24, 2.45) is 23.1 Å². The minimum absolute atomic E-state index is 0.0370. The number of carbonyl (C=O) groups is 3. The van der Waals surface area contributed by atoms with Gasteiger partial charge in [-0.25, -0.2) is 4.79 Å². The van der Waals surface area contributed by atoms with E-state index in [2.05, 4.69) is 10.6 Å². The third-order valence-corrected chi connectivity index (χ3v) is 2.65. The van der Waals surface area contributed by atoms with Crippen LogP contribution in [0.5, 0.6) is 0 Å². The fraction of sp³-hybridized carbons (Fsp3) is 0.727. The van der Waals surface area contributed by atoms with Gasteiger partial charge in [0.2, 0.25) is 11.8 Å². The molecule has 0 aliphatic carbocycles. The molecule has 0 aliphatic rings. The number of rotatable bonds is 8. The molecule has 110 valence electrons. The van der Waals surface area contributed by atoms with Crippen LogP contribution in [-0.2, 0) is 9.59 Å². The van der Waals surface area contributed by atoms with Gasteiger partial charge >= 0.3 is 6.03 Å². The second kappa shape index (κ2) is 8.30. The molecule has 8 N–H and O–H groups in total. The van der Waals surface area contributed by atoms with E-state index in [1.165, 1.54) is 0 Å². The molecule has 0 aromatic heterocycles. The van der Waals surface area contributed by atoms with E-state index < -0.39 is 29.9 Å². The quantitative estimate of drug-likeness (QED) is 0.337. The third-order valence-electron chi connectivity index (χ3n) is 2.65. The molecule has 4 amide bonds. The van der Waals surface area contributed by atoms with Gasteiger partial charge in [-0.2, -0.15) is 0 Å². The van der Waals surface area contributed by atoms with Gasteiger partial charge in [-0.05, 0) is 18.8 Å². The normalized spacial score (nSPS) is 13.7. The van der Waals surface area contributed by atoms with Crippen molar-refractivity contribution in [1.29, 1.82) is 0 Å². The molecule has 0 bridgehead atoms. The van der Waals surface area contributed by atoms with Gasteiger partial charge in [0.05, 0.1) is 6.04 Å². The molecule has 0 aromatic carbocycles. The average Bonchev–Trinajstić information content (AvgIpc) is 2.30. The molecule has 0 rings (SSSR count). The smallest absolute Gasteiger partial charge is 0.312 e. The topological polar surface area (TPSA) is 153 Å². The summed E-state index contributed by atoms with van der Waals surface area (Å²) in [6.45, 7) is 3.92. The van der Waals surface area contributed by atoms with E-state index in [9.17, 15) is 14.4 Å². The van der Waals surface area contributed by atoms with Crippen LogP contribution in [0.4, 0.5) is 4.79 Å². The third kappa shape index (κ3) is 7.24. The molecule has 8 nitrogen and oxygen atoms in total. The fourth-order valence-electron chi connectivity index (χ4n) is 1.37. The lowest BCUT2D eigenvalue weighted by Crippen LogP contribution is -2.52. The Kier molecular flexibility index (Phi) is 7.50. The van der Waals surface area contributed by atoms with Crippen molar-refractivity contribution in [3.8, 4) is 0 Å². The number of primary amides is 2. The summed E-state index contributed by atoms with van der Waals surface area (Å²) in [6.07, 6.45) is 0.778. The van der Waals surface area contributed by atoms with E-state index in [0.717, 1.165) is 0 Å². The highest BCUT2D eigenvalue weighted by atomic mass is 16.2. The second-order valence-electron chi connectivity index (χ2n) is 4.67. The van der Waals surface area contributed by atoms with Gasteiger partial charge in [-0.3, -0.25) is 9.59 Å². The van der Waals surface area contributed by atoms with Gasteiger partial charge in [-0.15, -0.1) is 0 Å². The Labute approximate surface area is 112 Å². The standard InChI is InChI=1S/C11H23N5O3/c1-6(2)8(12)10(18)16-7(9(13)17)4-3-5-15-11(14)19/h6-8H,3-5,12H2,1-2H3,(H2,13,17)(H,16,18)(H3,14,15,19)/t7?,8-/m0/s1. The van der Waals surface area contributed by atoms with E-state index in [1.54, 1.807) is 13.8 Å². The van der Waals surface area contributed by atoms with Gasteiger partial charge in [0.15, 0.2) is 0 Å². The first-order chi connectivity index (χ1) is 8.75. The lowest BCUT2D eigenvalue weighted by atomic mass is 10.0. The summed E-state index contributed by atoms with van der Waals surface area (Å²) >= 11 is 0. The van der Waals surface area contributed by atoms with Crippen LogP contribution in [0.25, 0.3) is 0 Å². The zero-order valence-corrected chi connectivity index (χ0v) is 11.3. The van der Waals surface area contributed by atoms with Crippen LogP contribution < -0.4 is 27.8 Å². The summed E-state index contributed by atoms with van der Waals surface area (Å²) in [4.78, 5) is 33.4. The number of hydrogen-bond acceptors (Lipinski definition) is 4. The number of urea groups is 1. The molecule has 0 heterocycles. The molecule has 19 heavy (non-hydrogen) atoms. The Balaban J connectivity index is 4.23. The van der Waals surface area contributed by atoms with Gasteiger partial charge < -0.3 is 27.8 Å². The maximum Gasteiger partial charge on any atom is 0.312 e. The summed E-state index contributed by atoms with van der Waals surface area (Å²) in [5.41, 5.74) is 15.8. The highest BCUT2D eigenvalue weighted by molar-refractivity contribution is 5.88. The molecule has 0 spiro atoms. The van der Waals surface area contributed by atoms with Crippen molar-refractivity contribution >= 4 is 17.8 Å². The average molecular weight is 273 g/mol. The number of carbonyl (C=O) groups excluding carboxylic acids is 3. The number of hydrogen-bond donors (Lipinski definition) is 5. The number of nitrogens with two attached hydrogens (primary N) is 3. The maximum absolute atomic E-state index is 11.7. The molecule has 8 heteroatoms. The van der Waals surface area contributed by atoms with E-state index in [0.29, 0.717) is 19.4 Å². The molecular weight excluding hydrogens is 250 g/mol. The van der Waals surface area contributed by atoms with Crippen molar-refractivity contribution in [3.63, 3.8) is 0 Å². The van der Waals surface area contributed by atoms with Crippen molar-refractivity contribution in [2.75, 3.05) is 6.54 Å². The van der Waals surface area contributed by atoms with Gasteiger partial charge in [-0.1, -0.05) is 13.8 Å². The van der Waals surface area contributed by atoms with Gasteiger partial charge in [0, 0.05) is 6.54 Å². The summed E-state index contributed by atoms with van der Waals surface area (Å²) < 4.78 is 0. The van der Waals surface area contributed by atoms with Crippen LogP contribution in [0.1, 0.15) is 26.7 Å². The van der Waals surface area contributed by atoms with E-state index in [-0.39, 0.29) is 5.92 Å². The van der Waals surface area contributed by atoms with Crippen LogP contribution in [-0.4, -0.2) is 36.5 Å². The van der Waals surface area contributed by atoms with Crippen LogP contribution in [0.3, 0.4) is 0 Å². The highest BCUT2D eigenvalue weighted by Crippen LogP contribution is 2.01. The Hall–Kier alpha value is -1.83. The zero-order chi connectivity index (χ0) is 15.0. The van der Waals surface area contributed by atoms with Crippen LogP contribution >= 0.6 is 0 Å². The molecule has 0 saturated heterocycles. The molecule has 2 atom stereocenters. The number of amides is 4. The van der Waals surface area contributed by atoms with Gasteiger partial charge in [0.1, 0.15) is 6.04 Å². The van der Waals surface area contributed by atoms with E-state index in [4.69, 9.17) is 17.2 Å². The Bertz CT molecular complexity index is 332. The fourth-order valence-corrected chi connectivity index (χ4v) is 1.37. The minimum atomic E-state index is -0.799. The van der Waals surface area contributed by atoms with E-state index >= 15 is 0 Å². The van der Waals surface area contributed by atoms with Crippen molar-refractivity contribution in [2.45, 2.75) is 38.8 Å². The van der Waals surface area contributed by atoms with Gasteiger partial charge in [0.25, 0.3) is 0 Å². The predicted octanol–water partition coefficient (Wildman–Crippen LogP) is -1.61. The summed E-state index contributed by atoms with van der Waals surface area (Å²) in [5, 5.41) is 4.89. The lowest BCUT2D eigenvalue weighted by Gasteiger charge is -2.20. The van der Waals surface area contributed by atoms with Crippen molar-refractivity contribution in [1.82, 2.24) is 10.6 Å². The summed E-state index contributed by atoms with van der Waals surface area (Å²) in [7, 11) is 0. The Morgan fingerprint density at radius 2 is 1.74 bits per heavy atom. The highest BCUT2D eigenvalue weighted by Gasteiger charge is 2.23. The largest absolute Gasteiger partial charge is 0.368 e. The lowest BCUT2D eigenvalue weighted by molar-refractivity contribution is -0.128. The second-order valence-corrected chi connectivity index (χ2v) is 4.67. The van der Waals surface area contributed by atoms with Crippen LogP contribution in [0.2, 0.25) is 0 Å². The molecule has 0 aromatic rings. The van der Waals surface area contributed by atoms with Crippen molar-refractivity contribution < 1.29 is 14.4 Å². The molecule has 0 fully saturated rings. The van der Waals surface area contributed by atoms with Crippen LogP contribution in [0, 0.1) is 5.92 Å². The molecule has 0 aliphatic heterocycles. The molecule has 0 saturated carbocycles. The molecular formula is C11H23N5O3. The maximum atomic E-state index is 11.7. The SMILES string of the molecule is CC(C)[C@H](N)C(=O)NC(CCCNC(N)=O)C(N)=O. The summed E-state index contributed by atoms with van der Waals surface area (Å²) in [6, 6.07) is -2.13.